The standard InChI is InChI=1S/C12H19FN2O2/c1-12(2,3)17-11(16)15-7-5-9(4-6-14)10(13)8-15/h9-10H,4-5,7-8H2,1-3H3/t9-,10-/m0/s1. The number of likely N-dealkylation sites (tertiary alicyclic amines) is 1. The van der Waals surface area contributed by atoms with Crippen molar-refractivity contribution in [1.29, 1.82) is 5.26 Å². The summed E-state index contributed by atoms with van der Waals surface area (Å²) >= 11 is 0. The maximum Gasteiger partial charge on any atom is 0.410 e. The quantitative estimate of drug-likeness (QED) is 0.709. The summed E-state index contributed by atoms with van der Waals surface area (Å²) in [5.41, 5.74) is -0.563. The summed E-state index contributed by atoms with van der Waals surface area (Å²) in [6.07, 6.45) is -0.872. The second-order valence-electron chi connectivity index (χ2n) is 5.35. The molecule has 0 saturated carbocycles. The molecule has 0 N–H and O–H groups in total. The topological polar surface area (TPSA) is 53.3 Å². The number of amides is 1. The summed E-state index contributed by atoms with van der Waals surface area (Å²) < 4.78 is 18.9. The van der Waals surface area contributed by atoms with Crippen molar-refractivity contribution in [1.82, 2.24) is 4.90 Å². The molecule has 0 aromatic heterocycles. The van der Waals surface area contributed by atoms with Crippen LogP contribution in [0.5, 0.6) is 0 Å². The predicted octanol–water partition coefficient (Wildman–Crippen LogP) is 2.50. The van der Waals surface area contributed by atoms with Crippen LogP contribution >= 0.6 is 0 Å². The highest BCUT2D eigenvalue weighted by Crippen LogP contribution is 2.24. The number of carbonyl (C=O) groups excluding carboxylic acids is 1. The maximum atomic E-state index is 13.7. The Kier molecular flexibility index (Phi) is 4.33. The highest BCUT2D eigenvalue weighted by atomic mass is 19.1. The van der Waals surface area contributed by atoms with Gasteiger partial charge in [-0.05, 0) is 27.2 Å². The third-order valence-electron chi connectivity index (χ3n) is 2.68. The zero-order valence-electron chi connectivity index (χ0n) is 10.6. The van der Waals surface area contributed by atoms with Crippen molar-refractivity contribution in [3.05, 3.63) is 0 Å². The van der Waals surface area contributed by atoms with E-state index in [9.17, 15) is 9.18 Å². The molecular weight excluding hydrogens is 223 g/mol. The molecule has 0 bridgehead atoms. The summed E-state index contributed by atoms with van der Waals surface area (Å²) in [6, 6.07) is 1.98. The Balaban J connectivity index is 2.50. The molecule has 0 radical (unpaired) electrons. The van der Waals surface area contributed by atoms with E-state index in [4.69, 9.17) is 10.00 Å². The fourth-order valence-corrected chi connectivity index (χ4v) is 1.79. The van der Waals surface area contributed by atoms with Gasteiger partial charge in [0.1, 0.15) is 11.8 Å². The molecule has 17 heavy (non-hydrogen) atoms. The van der Waals surface area contributed by atoms with Gasteiger partial charge < -0.3 is 9.64 Å². The van der Waals surface area contributed by atoms with Crippen LogP contribution in [0.2, 0.25) is 0 Å². The predicted molar refractivity (Wildman–Crippen MR) is 61.0 cm³/mol. The van der Waals surface area contributed by atoms with Crippen molar-refractivity contribution in [2.45, 2.75) is 45.4 Å². The number of nitriles is 1. The molecule has 1 aliphatic heterocycles. The minimum absolute atomic E-state index is 0.0290. The Hall–Kier alpha value is -1.31. The molecule has 0 unspecified atom stereocenters. The van der Waals surface area contributed by atoms with Crippen molar-refractivity contribution in [3.8, 4) is 6.07 Å². The highest BCUT2D eigenvalue weighted by Gasteiger charge is 2.33. The monoisotopic (exact) mass is 242 g/mol. The van der Waals surface area contributed by atoms with Crippen LogP contribution in [0.15, 0.2) is 0 Å². The smallest absolute Gasteiger partial charge is 0.410 e. The minimum Gasteiger partial charge on any atom is -0.444 e. The summed E-state index contributed by atoms with van der Waals surface area (Å²) in [6.45, 7) is 5.82. The van der Waals surface area contributed by atoms with Crippen LogP contribution < -0.4 is 0 Å². The lowest BCUT2D eigenvalue weighted by atomic mass is 9.92. The number of ether oxygens (including phenoxy) is 1. The highest BCUT2D eigenvalue weighted by molar-refractivity contribution is 5.68. The van der Waals surface area contributed by atoms with Gasteiger partial charge in [-0.1, -0.05) is 0 Å². The first-order chi connectivity index (χ1) is 7.83. The van der Waals surface area contributed by atoms with Crippen molar-refractivity contribution < 1.29 is 13.9 Å². The summed E-state index contributed by atoms with van der Waals surface area (Å²) in [7, 11) is 0. The van der Waals surface area contributed by atoms with E-state index in [2.05, 4.69) is 0 Å². The van der Waals surface area contributed by atoms with E-state index in [1.165, 1.54) is 4.90 Å². The molecule has 96 valence electrons. The van der Waals surface area contributed by atoms with E-state index >= 15 is 0 Å². The largest absolute Gasteiger partial charge is 0.444 e. The van der Waals surface area contributed by atoms with Crippen LogP contribution in [-0.2, 0) is 4.74 Å². The first-order valence-electron chi connectivity index (χ1n) is 5.82. The van der Waals surface area contributed by atoms with Crippen molar-refractivity contribution in [3.63, 3.8) is 0 Å². The van der Waals surface area contributed by atoms with Crippen LogP contribution in [0.4, 0.5) is 9.18 Å². The van der Waals surface area contributed by atoms with Gasteiger partial charge in [-0.3, -0.25) is 0 Å². The van der Waals surface area contributed by atoms with Crippen LogP contribution in [0.25, 0.3) is 0 Å². The lowest BCUT2D eigenvalue weighted by molar-refractivity contribution is 0.00589. The molecule has 4 nitrogen and oxygen atoms in total. The van der Waals surface area contributed by atoms with Crippen molar-refractivity contribution in [2.75, 3.05) is 13.1 Å². The second-order valence-corrected chi connectivity index (χ2v) is 5.35. The van der Waals surface area contributed by atoms with Gasteiger partial charge in [-0.2, -0.15) is 5.26 Å². The van der Waals surface area contributed by atoms with Gasteiger partial charge in [0.05, 0.1) is 12.6 Å². The Morgan fingerprint density at radius 3 is 2.71 bits per heavy atom. The van der Waals surface area contributed by atoms with Crippen LogP contribution in [0.1, 0.15) is 33.6 Å². The van der Waals surface area contributed by atoms with Gasteiger partial charge in [0.15, 0.2) is 0 Å². The maximum absolute atomic E-state index is 13.7. The zero-order chi connectivity index (χ0) is 13.1. The molecule has 0 spiro atoms. The Bertz CT molecular complexity index is 319. The number of piperidine rings is 1. The normalized spacial score (nSPS) is 25.2. The summed E-state index contributed by atoms with van der Waals surface area (Å²) in [4.78, 5) is 13.1. The van der Waals surface area contributed by atoms with Crippen LogP contribution in [0, 0.1) is 17.2 Å². The number of halogens is 1. The van der Waals surface area contributed by atoms with Gasteiger partial charge in [0.2, 0.25) is 0 Å². The van der Waals surface area contributed by atoms with E-state index in [1.54, 1.807) is 20.8 Å². The molecule has 1 heterocycles. The van der Waals surface area contributed by atoms with Gasteiger partial charge in [0.25, 0.3) is 0 Å². The fraction of sp³-hybridized carbons (Fsp3) is 0.833. The first kappa shape index (κ1) is 13.8. The van der Waals surface area contributed by atoms with Crippen LogP contribution in [-0.4, -0.2) is 35.9 Å². The lowest BCUT2D eigenvalue weighted by Crippen LogP contribution is -2.46. The first-order valence-corrected chi connectivity index (χ1v) is 5.82. The number of nitrogens with zero attached hydrogens (tertiary/aromatic N) is 2. The summed E-state index contributed by atoms with van der Waals surface area (Å²) in [5, 5.41) is 8.54. The average Bonchev–Trinajstić information content (AvgIpc) is 2.18. The molecule has 1 saturated heterocycles. The number of alkyl halides is 1. The zero-order valence-corrected chi connectivity index (χ0v) is 10.6. The van der Waals surface area contributed by atoms with Crippen LogP contribution in [0.3, 0.4) is 0 Å². The fourth-order valence-electron chi connectivity index (χ4n) is 1.79. The minimum atomic E-state index is -1.13. The third kappa shape index (κ3) is 4.22. The Morgan fingerprint density at radius 1 is 1.59 bits per heavy atom. The van der Waals surface area contributed by atoms with E-state index in [-0.39, 0.29) is 18.9 Å². The number of hydrogen-bond acceptors (Lipinski definition) is 3. The Morgan fingerprint density at radius 2 is 2.24 bits per heavy atom. The van der Waals surface area contributed by atoms with E-state index < -0.39 is 17.9 Å². The van der Waals surface area contributed by atoms with Crippen molar-refractivity contribution >= 4 is 6.09 Å². The van der Waals surface area contributed by atoms with Gasteiger partial charge in [0, 0.05) is 18.9 Å². The molecule has 2 atom stereocenters. The Labute approximate surface area is 101 Å². The SMILES string of the molecule is CC(C)(C)OC(=O)N1CC[C@H](CC#N)[C@@H](F)C1. The molecule has 5 heteroatoms. The molecule has 1 rings (SSSR count). The van der Waals surface area contributed by atoms with E-state index in [0.29, 0.717) is 13.0 Å². The third-order valence-corrected chi connectivity index (χ3v) is 2.68. The molecular formula is C12H19FN2O2. The molecule has 0 aliphatic carbocycles. The van der Waals surface area contributed by atoms with E-state index in [0.717, 1.165) is 0 Å². The van der Waals surface area contributed by atoms with Crippen molar-refractivity contribution in [2.24, 2.45) is 5.92 Å². The average molecular weight is 242 g/mol. The van der Waals surface area contributed by atoms with E-state index in [1.807, 2.05) is 6.07 Å². The van der Waals surface area contributed by atoms with Gasteiger partial charge >= 0.3 is 6.09 Å². The molecule has 1 fully saturated rings. The van der Waals surface area contributed by atoms with Gasteiger partial charge in [-0.15, -0.1) is 0 Å². The molecule has 1 amide bonds. The second kappa shape index (κ2) is 5.35. The molecule has 0 aromatic rings. The number of rotatable bonds is 1. The number of hydrogen-bond donors (Lipinski definition) is 0. The number of carbonyl (C=O) groups is 1. The summed E-state index contributed by atoms with van der Waals surface area (Å²) in [5.74, 6) is -0.251. The van der Waals surface area contributed by atoms with Gasteiger partial charge in [-0.25, -0.2) is 9.18 Å². The molecule has 0 aromatic carbocycles. The molecule has 1 aliphatic rings. The lowest BCUT2D eigenvalue weighted by Gasteiger charge is -2.34.